The van der Waals surface area contributed by atoms with Crippen molar-refractivity contribution in [2.45, 2.75) is 11.3 Å². The first kappa shape index (κ1) is 23.1. The Morgan fingerprint density at radius 2 is 2.00 bits per heavy atom. The second kappa shape index (κ2) is 9.79. The van der Waals surface area contributed by atoms with Gasteiger partial charge in [0.25, 0.3) is 0 Å². The molecule has 3 aromatic rings. The quantitative estimate of drug-likeness (QED) is 0.543. The molecule has 2 aromatic heterocycles. The van der Waals surface area contributed by atoms with Crippen molar-refractivity contribution in [2.75, 3.05) is 42.3 Å². The molecule has 0 bridgehead atoms. The van der Waals surface area contributed by atoms with Crippen LogP contribution >= 0.6 is 11.8 Å². The van der Waals surface area contributed by atoms with Crippen molar-refractivity contribution in [3.63, 3.8) is 0 Å². The van der Waals surface area contributed by atoms with Gasteiger partial charge in [-0.2, -0.15) is 13.2 Å². The molecule has 12 heteroatoms. The molecule has 1 amide bonds. The average molecular weight is 479 g/mol. The fourth-order valence-electron chi connectivity index (χ4n) is 3.40. The van der Waals surface area contributed by atoms with E-state index in [9.17, 15) is 18.0 Å². The van der Waals surface area contributed by atoms with Crippen LogP contribution in [-0.2, 0) is 22.8 Å². The third-order valence-corrected chi connectivity index (χ3v) is 6.06. The molecule has 0 unspecified atom stereocenters. The Morgan fingerprint density at radius 1 is 1.21 bits per heavy atom. The summed E-state index contributed by atoms with van der Waals surface area (Å²) in [7, 11) is 1.77. The second-order valence-electron chi connectivity index (χ2n) is 7.27. The van der Waals surface area contributed by atoms with Gasteiger partial charge in [0.2, 0.25) is 5.91 Å². The molecule has 174 valence electrons. The van der Waals surface area contributed by atoms with Gasteiger partial charge < -0.3 is 19.5 Å². The Bertz CT molecular complexity index is 1120. The van der Waals surface area contributed by atoms with Gasteiger partial charge >= 0.3 is 6.18 Å². The number of nitrogens with zero attached hydrogens (tertiary/aromatic N) is 5. The molecule has 8 nitrogen and oxygen atoms in total. The van der Waals surface area contributed by atoms with Crippen LogP contribution in [0, 0.1) is 0 Å². The Kier molecular flexibility index (Phi) is 6.84. The van der Waals surface area contributed by atoms with E-state index < -0.39 is 17.6 Å². The number of carbonyl (C=O) groups is 1. The predicted molar refractivity (Wildman–Crippen MR) is 118 cm³/mol. The number of anilines is 2. The van der Waals surface area contributed by atoms with Crippen molar-refractivity contribution in [2.24, 2.45) is 7.05 Å². The molecule has 0 saturated carbocycles. The molecule has 0 radical (unpaired) electrons. The lowest BCUT2D eigenvalue weighted by Gasteiger charge is -2.31. The monoisotopic (exact) mass is 478 g/mol. The number of pyridine rings is 1. The molecule has 0 atom stereocenters. The largest absolute Gasteiger partial charge is 0.416 e. The van der Waals surface area contributed by atoms with Gasteiger partial charge in [-0.1, -0.05) is 11.8 Å². The van der Waals surface area contributed by atoms with Crippen LogP contribution in [0.4, 0.5) is 24.5 Å². The molecule has 1 saturated heterocycles. The summed E-state index contributed by atoms with van der Waals surface area (Å²) in [4.78, 5) is 18.6. The van der Waals surface area contributed by atoms with Gasteiger partial charge in [0.1, 0.15) is 0 Å². The van der Waals surface area contributed by atoms with Crippen molar-refractivity contribution in [3.8, 4) is 11.4 Å². The number of halogens is 3. The molecule has 3 heterocycles. The molecule has 0 spiro atoms. The molecule has 1 aromatic carbocycles. The van der Waals surface area contributed by atoms with Crippen LogP contribution < -0.4 is 10.2 Å². The highest BCUT2D eigenvalue weighted by Crippen LogP contribution is 2.36. The van der Waals surface area contributed by atoms with Gasteiger partial charge in [-0.15, -0.1) is 10.2 Å². The second-order valence-corrected chi connectivity index (χ2v) is 8.22. The minimum Gasteiger partial charge on any atom is -0.378 e. The zero-order valence-electron chi connectivity index (χ0n) is 17.7. The van der Waals surface area contributed by atoms with Gasteiger partial charge in [-0.25, -0.2) is 0 Å². The summed E-state index contributed by atoms with van der Waals surface area (Å²) in [5.74, 6) is 0.107. The lowest BCUT2D eigenvalue weighted by Crippen LogP contribution is -2.37. The van der Waals surface area contributed by atoms with Crippen molar-refractivity contribution >= 4 is 29.0 Å². The fraction of sp³-hybridized carbons (Fsp3) is 0.333. The number of rotatable bonds is 6. The van der Waals surface area contributed by atoms with Gasteiger partial charge in [0, 0.05) is 38.1 Å². The summed E-state index contributed by atoms with van der Waals surface area (Å²) in [5, 5.41) is 11.4. The van der Waals surface area contributed by atoms with E-state index in [1.165, 1.54) is 6.07 Å². The molecule has 1 aliphatic heterocycles. The third-order valence-electron chi connectivity index (χ3n) is 5.04. The first-order chi connectivity index (χ1) is 15.8. The van der Waals surface area contributed by atoms with E-state index in [1.807, 2.05) is 11.0 Å². The van der Waals surface area contributed by atoms with Crippen LogP contribution in [0.5, 0.6) is 0 Å². The number of amides is 1. The van der Waals surface area contributed by atoms with E-state index in [-0.39, 0.29) is 11.4 Å². The van der Waals surface area contributed by atoms with E-state index in [2.05, 4.69) is 20.5 Å². The van der Waals surface area contributed by atoms with Gasteiger partial charge in [0.15, 0.2) is 11.0 Å². The SMILES string of the molecule is Cn1c(SCC(=O)Nc2cc(C(F)(F)F)ccc2N2CCOCC2)nnc1-c1cccnc1. The topological polar surface area (TPSA) is 85.2 Å². The molecule has 1 N–H and O–H groups in total. The molecule has 1 aliphatic rings. The maximum absolute atomic E-state index is 13.3. The van der Waals surface area contributed by atoms with Crippen LogP contribution in [0.15, 0.2) is 47.9 Å². The van der Waals surface area contributed by atoms with Gasteiger partial charge in [-0.05, 0) is 30.3 Å². The zero-order valence-corrected chi connectivity index (χ0v) is 18.5. The van der Waals surface area contributed by atoms with Crippen LogP contribution in [0.2, 0.25) is 0 Å². The number of hydrogen-bond donors (Lipinski definition) is 1. The van der Waals surface area contributed by atoms with E-state index >= 15 is 0 Å². The fourth-order valence-corrected chi connectivity index (χ4v) is 4.11. The summed E-state index contributed by atoms with van der Waals surface area (Å²) in [6.07, 6.45) is -1.20. The van der Waals surface area contributed by atoms with Crippen LogP contribution in [0.1, 0.15) is 5.56 Å². The van der Waals surface area contributed by atoms with Crippen molar-refractivity contribution in [3.05, 3.63) is 48.3 Å². The van der Waals surface area contributed by atoms with Crippen molar-refractivity contribution in [1.82, 2.24) is 19.7 Å². The first-order valence-electron chi connectivity index (χ1n) is 10.1. The summed E-state index contributed by atoms with van der Waals surface area (Å²) < 4.78 is 46.8. The number of nitrogens with one attached hydrogen (secondary N) is 1. The minimum atomic E-state index is -4.51. The number of alkyl halides is 3. The Labute approximate surface area is 192 Å². The highest BCUT2D eigenvalue weighted by atomic mass is 32.2. The number of ether oxygens (including phenoxy) is 1. The van der Waals surface area contributed by atoms with Crippen LogP contribution in [0.3, 0.4) is 0 Å². The first-order valence-corrected chi connectivity index (χ1v) is 11.1. The predicted octanol–water partition coefficient (Wildman–Crippen LogP) is 3.46. The van der Waals surface area contributed by atoms with E-state index in [4.69, 9.17) is 4.74 Å². The maximum Gasteiger partial charge on any atom is 0.416 e. The summed E-state index contributed by atoms with van der Waals surface area (Å²) in [6.45, 7) is 1.99. The van der Waals surface area contributed by atoms with E-state index in [0.717, 1.165) is 29.5 Å². The molecular weight excluding hydrogens is 457 g/mol. The molecule has 1 fully saturated rings. The average Bonchev–Trinajstić information content (AvgIpc) is 3.18. The Balaban J connectivity index is 1.48. The third kappa shape index (κ3) is 5.45. The maximum atomic E-state index is 13.3. The highest BCUT2D eigenvalue weighted by molar-refractivity contribution is 7.99. The van der Waals surface area contributed by atoms with Crippen molar-refractivity contribution in [1.29, 1.82) is 0 Å². The summed E-state index contributed by atoms with van der Waals surface area (Å²) >= 11 is 1.14. The van der Waals surface area contributed by atoms with Crippen molar-refractivity contribution < 1.29 is 22.7 Å². The molecular formula is C21H21F3N6O2S. The van der Waals surface area contributed by atoms with E-state index in [1.54, 1.807) is 30.1 Å². The number of carbonyl (C=O) groups excluding carboxylic acids is 1. The van der Waals surface area contributed by atoms with Gasteiger partial charge in [0.05, 0.1) is 35.9 Å². The normalized spacial score (nSPS) is 14.4. The van der Waals surface area contributed by atoms with Crippen LogP contribution in [-0.4, -0.2) is 57.7 Å². The number of aromatic nitrogens is 4. The number of thioether (sulfide) groups is 1. The lowest BCUT2D eigenvalue weighted by atomic mass is 10.1. The number of morpholine rings is 1. The van der Waals surface area contributed by atoms with Gasteiger partial charge in [-0.3, -0.25) is 9.78 Å². The Morgan fingerprint density at radius 3 is 2.70 bits per heavy atom. The summed E-state index contributed by atoms with van der Waals surface area (Å²) in [5.41, 5.74) is 0.605. The summed E-state index contributed by atoms with van der Waals surface area (Å²) in [6, 6.07) is 7.01. The number of benzene rings is 1. The smallest absolute Gasteiger partial charge is 0.378 e. The number of hydrogen-bond acceptors (Lipinski definition) is 7. The highest BCUT2D eigenvalue weighted by Gasteiger charge is 2.32. The lowest BCUT2D eigenvalue weighted by molar-refractivity contribution is -0.137. The molecule has 0 aliphatic carbocycles. The standard InChI is InChI=1S/C21H21F3N6O2S/c1-29-19(14-3-2-6-25-12-14)27-28-20(29)33-13-18(31)26-16-11-15(21(22,23)24)4-5-17(16)30-7-9-32-10-8-30/h2-6,11-12H,7-10,13H2,1H3,(H,26,31). The minimum absolute atomic E-state index is 0.0438. The molecule has 4 rings (SSSR count). The molecule has 33 heavy (non-hydrogen) atoms. The van der Waals surface area contributed by atoms with E-state index in [0.29, 0.717) is 43.0 Å². The zero-order chi connectivity index (χ0) is 23.4. The Hall–Kier alpha value is -3.12. The van der Waals surface area contributed by atoms with Crippen LogP contribution in [0.25, 0.3) is 11.4 Å².